The van der Waals surface area contributed by atoms with E-state index in [9.17, 15) is 27.9 Å². The van der Waals surface area contributed by atoms with E-state index in [4.69, 9.17) is 21.1 Å². The van der Waals surface area contributed by atoms with Gasteiger partial charge < -0.3 is 19.5 Å². The van der Waals surface area contributed by atoms with E-state index in [-0.39, 0.29) is 39.8 Å². The Balaban J connectivity index is 1.88. The van der Waals surface area contributed by atoms with Gasteiger partial charge >= 0.3 is 6.18 Å². The molecule has 2 heterocycles. The molecule has 11 heteroatoms. The molecule has 192 valence electrons. The minimum atomic E-state index is -4.58. The molecular formula is C26H20ClF3N2O5. The first-order valence-corrected chi connectivity index (χ1v) is 11.2. The number of amides is 1. The molecule has 0 radical (unpaired) electrons. The smallest absolute Gasteiger partial charge is 0.416 e. The van der Waals surface area contributed by atoms with E-state index < -0.39 is 35.2 Å². The number of hydrogen-bond acceptors (Lipinski definition) is 6. The molecule has 3 aromatic rings. The number of likely N-dealkylation sites (tertiary alicyclic amines) is 1. The molecule has 37 heavy (non-hydrogen) atoms. The van der Waals surface area contributed by atoms with Crippen LogP contribution < -0.4 is 9.47 Å². The van der Waals surface area contributed by atoms with Gasteiger partial charge in [0.2, 0.25) is 0 Å². The molecule has 0 aliphatic carbocycles. The third-order valence-electron chi connectivity index (χ3n) is 5.90. The minimum absolute atomic E-state index is 0.0319. The number of pyridine rings is 1. The van der Waals surface area contributed by atoms with Crippen LogP contribution in [0.3, 0.4) is 0 Å². The van der Waals surface area contributed by atoms with Gasteiger partial charge in [-0.3, -0.25) is 14.6 Å². The lowest BCUT2D eigenvalue weighted by Crippen LogP contribution is -2.29. The number of rotatable bonds is 6. The number of nitrogens with zero attached hydrogens (tertiary/aromatic N) is 2. The van der Waals surface area contributed by atoms with E-state index in [0.717, 1.165) is 17.0 Å². The van der Waals surface area contributed by atoms with E-state index in [0.29, 0.717) is 5.56 Å². The number of methoxy groups -OCH3 is 2. The molecule has 1 N–H and O–H groups in total. The van der Waals surface area contributed by atoms with Crippen LogP contribution in [0.4, 0.5) is 13.2 Å². The summed E-state index contributed by atoms with van der Waals surface area (Å²) in [6.45, 7) is -0.321. The first-order valence-electron chi connectivity index (χ1n) is 10.8. The largest absolute Gasteiger partial charge is 0.507 e. The molecule has 4 rings (SSSR count). The van der Waals surface area contributed by atoms with Crippen LogP contribution in [-0.2, 0) is 22.3 Å². The molecule has 0 saturated carbocycles. The summed E-state index contributed by atoms with van der Waals surface area (Å²) in [7, 11) is 2.73. The zero-order valence-corrected chi connectivity index (χ0v) is 20.3. The molecule has 1 fully saturated rings. The van der Waals surface area contributed by atoms with Gasteiger partial charge in [-0.05, 0) is 41.5 Å². The average Bonchev–Trinajstić information content (AvgIpc) is 3.13. The highest BCUT2D eigenvalue weighted by Gasteiger charge is 2.46. The normalized spacial score (nSPS) is 17.2. The number of aliphatic hydroxyl groups is 1. The number of hydrogen-bond donors (Lipinski definition) is 1. The zero-order valence-electron chi connectivity index (χ0n) is 19.5. The standard InChI is InChI=1S/C26H20ClF3N2O5/c1-36-19-12-20(37-2)18(27)11-17(19)23(33)21-22(15-6-8-31-9-7-15)32(25(35)24(21)34)13-14-4-3-5-16(10-14)26(28,29)30/h3-12,22,33H,13H2,1-2H3/b23-21+. The molecule has 1 saturated heterocycles. The monoisotopic (exact) mass is 532 g/mol. The van der Waals surface area contributed by atoms with Gasteiger partial charge in [-0.1, -0.05) is 23.7 Å². The fourth-order valence-corrected chi connectivity index (χ4v) is 4.41. The van der Waals surface area contributed by atoms with E-state index >= 15 is 0 Å². The number of Topliss-reactive ketones (excluding diaryl/α,β-unsaturated/α-hetero) is 1. The summed E-state index contributed by atoms with van der Waals surface area (Å²) >= 11 is 6.24. The Morgan fingerprint density at radius 2 is 1.73 bits per heavy atom. The van der Waals surface area contributed by atoms with Gasteiger partial charge in [-0.25, -0.2) is 0 Å². The van der Waals surface area contributed by atoms with Crippen molar-refractivity contribution < 1.29 is 37.3 Å². The minimum Gasteiger partial charge on any atom is -0.507 e. The lowest BCUT2D eigenvalue weighted by Gasteiger charge is -2.25. The first-order chi connectivity index (χ1) is 17.6. The van der Waals surface area contributed by atoms with Crippen molar-refractivity contribution in [1.29, 1.82) is 0 Å². The molecule has 0 bridgehead atoms. The number of carbonyl (C=O) groups excluding carboxylic acids is 2. The summed E-state index contributed by atoms with van der Waals surface area (Å²) in [6, 6.07) is 9.18. The van der Waals surface area contributed by atoms with Crippen LogP contribution in [0.1, 0.15) is 28.3 Å². The molecule has 1 unspecified atom stereocenters. The second-order valence-corrected chi connectivity index (χ2v) is 8.50. The van der Waals surface area contributed by atoms with Crippen molar-refractivity contribution in [2.24, 2.45) is 0 Å². The van der Waals surface area contributed by atoms with Gasteiger partial charge in [0, 0.05) is 25.0 Å². The van der Waals surface area contributed by atoms with Crippen LogP contribution >= 0.6 is 11.6 Å². The van der Waals surface area contributed by atoms with Crippen molar-refractivity contribution >= 4 is 29.1 Å². The number of ketones is 1. The van der Waals surface area contributed by atoms with Crippen LogP contribution in [0.15, 0.2) is 66.5 Å². The van der Waals surface area contributed by atoms with E-state index in [1.165, 1.54) is 50.9 Å². The fourth-order valence-electron chi connectivity index (χ4n) is 4.17. The summed E-state index contributed by atoms with van der Waals surface area (Å²) in [5, 5.41) is 11.4. The van der Waals surface area contributed by atoms with Crippen LogP contribution in [-0.4, -0.2) is 40.9 Å². The Morgan fingerprint density at radius 1 is 1.05 bits per heavy atom. The van der Waals surface area contributed by atoms with E-state index in [2.05, 4.69) is 4.98 Å². The van der Waals surface area contributed by atoms with Crippen molar-refractivity contribution in [3.8, 4) is 11.5 Å². The van der Waals surface area contributed by atoms with Gasteiger partial charge in [-0.15, -0.1) is 0 Å². The molecule has 0 spiro atoms. The summed E-state index contributed by atoms with van der Waals surface area (Å²) in [4.78, 5) is 31.4. The van der Waals surface area contributed by atoms with Crippen LogP contribution in [0.2, 0.25) is 5.02 Å². The summed E-state index contributed by atoms with van der Waals surface area (Å²) in [5.74, 6) is -2.19. The molecule has 1 aliphatic heterocycles. The molecule has 7 nitrogen and oxygen atoms in total. The van der Waals surface area contributed by atoms with Gasteiger partial charge in [0.1, 0.15) is 17.3 Å². The fraction of sp³-hybridized carbons (Fsp3) is 0.192. The van der Waals surface area contributed by atoms with Crippen molar-refractivity contribution in [3.63, 3.8) is 0 Å². The first kappa shape index (κ1) is 26.0. The van der Waals surface area contributed by atoms with Crippen molar-refractivity contribution in [2.45, 2.75) is 18.8 Å². The van der Waals surface area contributed by atoms with Gasteiger partial charge in [0.05, 0.1) is 42.0 Å². The number of carbonyl (C=O) groups is 2. The van der Waals surface area contributed by atoms with Gasteiger partial charge in [0.15, 0.2) is 0 Å². The summed E-state index contributed by atoms with van der Waals surface area (Å²) in [5.41, 5.74) is -0.561. The Labute approximate surface area is 214 Å². The number of aromatic nitrogens is 1. The molecule has 1 atom stereocenters. The third-order valence-corrected chi connectivity index (χ3v) is 6.19. The van der Waals surface area contributed by atoms with Gasteiger partial charge in [0.25, 0.3) is 11.7 Å². The predicted octanol–water partition coefficient (Wildman–Crippen LogP) is 5.39. The Bertz CT molecular complexity index is 1390. The lowest BCUT2D eigenvalue weighted by atomic mass is 9.95. The van der Waals surface area contributed by atoms with Crippen molar-refractivity contribution in [1.82, 2.24) is 9.88 Å². The van der Waals surface area contributed by atoms with Crippen molar-refractivity contribution in [2.75, 3.05) is 14.2 Å². The predicted molar refractivity (Wildman–Crippen MR) is 128 cm³/mol. The number of aliphatic hydroxyl groups excluding tert-OH is 1. The zero-order chi connectivity index (χ0) is 26.9. The second-order valence-electron chi connectivity index (χ2n) is 8.09. The van der Waals surface area contributed by atoms with Crippen LogP contribution in [0, 0.1) is 0 Å². The van der Waals surface area contributed by atoms with Gasteiger partial charge in [-0.2, -0.15) is 13.2 Å². The highest BCUT2D eigenvalue weighted by atomic mass is 35.5. The molecule has 1 aromatic heterocycles. The maximum atomic E-state index is 13.3. The lowest BCUT2D eigenvalue weighted by molar-refractivity contribution is -0.140. The van der Waals surface area contributed by atoms with E-state index in [1.807, 2.05) is 0 Å². The summed E-state index contributed by atoms with van der Waals surface area (Å²) in [6.07, 6.45) is -1.71. The highest BCUT2D eigenvalue weighted by molar-refractivity contribution is 6.46. The Hall–Kier alpha value is -4.05. The molecule has 2 aromatic carbocycles. The molecule has 1 amide bonds. The number of halogens is 4. The second kappa shape index (κ2) is 10.1. The highest BCUT2D eigenvalue weighted by Crippen LogP contribution is 2.43. The Morgan fingerprint density at radius 3 is 2.35 bits per heavy atom. The number of benzene rings is 2. The number of ether oxygens (including phenoxy) is 2. The SMILES string of the molecule is COc1cc(OC)c(/C(O)=C2\C(=O)C(=O)N(Cc3cccc(C(F)(F)F)c3)C2c2ccncc2)cc1Cl. The molecule has 1 aliphatic rings. The number of alkyl halides is 3. The Kier molecular flexibility index (Phi) is 7.13. The average molecular weight is 533 g/mol. The van der Waals surface area contributed by atoms with Crippen molar-refractivity contribution in [3.05, 3.63) is 93.8 Å². The van der Waals surface area contributed by atoms with Crippen LogP contribution in [0.25, 0.3) is 5.76 Å². The summed E-state index contributed by atoms with van der Waals surface area (Å²) < 4.78 is 50.3. The maximum Gasteiger partial charge on any atom is 0.416 e. The topological polar surface area (TPSA) is 89.0 Å². The van der Waals surface area contributed by atoms with Crippen LogP contribution in [0.5, 0.6) is 11.5 Å². The quantitative estimate of drug-likeness (QED) is 0.260. The third kappa shape index (κ3) is 4.97. The maximum absolute atomic E-state index is 13.3. The van der Waals surface area contributed by atoms with E-state index in [1.54, 1.807) is 12.1 Å². The molecular weight excluding hydrogens is 513 g/mol.